The molecule has 0 aliphatic rings. The zero-order valence-electron chi connectivity index (χ0n) is 14.6. The maximum Gasteiger partial charge on any atom is 0.167 e. The summed E-state index contributed by atoms with van der Waals surface area (Å²) in [6.07, 6.45) is 0. The van der Waals surface area contributed by atoms with Crippen molar-refractivity contribution in [3.63, 3.8) is 0 Å². The van der Waals surface area contributed by atoms with Gasteiger partial charge < -0.3 is 0 Å². The molecule has 1 heterocycles. The van der Waals surface area contributed by atoms with Crippen molar-refractivity contribution in [2.45, 2.75) is 24.7 Å². The molecular formula is C21H18N2OS2. The van der Waals surface area contributed by atoms with E-state index in [1.54, 1.807) is 0 Å². The van der Waals surface area contributed by atoms with Gasteiger partial charge in [0.05, 0.1) is 17.5 Å². The summed E-state index contributed by atoms with van der Waals surface area (Å²) in [7, 11) is 0. The van der Waals surface area contributed by atoms with Crippen LogP contribution < -0.4 is 0 Å². The van der Waals surface area contributed by atoms with E-state index < -0.39 is 5.92 Å². The summed E-state index contributed by atoms with van der Waals surface area (Å²) < 4.78 is 0. The molecule has 5 heteroatoms. The van der Waals surface area contributed by atoms with E-state index in [9.17, 15) is 10.1 Å². The summed E-state index contributed by atoms with van der Waals surface area (Å²) >= 11 is 2.85. The highest BCUT2D eigenvalue weighted by Crippen LogP contribution is 2.29. The summed E-state index contributed by atoms with van der Waals surface area (Å²) in [5.41, 5.74) is 4.14. The topological polar surface area (TPSA) is 53.8 Å². The van der Waals surface area contributed by atoms with E-state index in [1.807, 2.05) is 61.7 Å². The third-order valence-electron chi connectivity index (χ3n) is 3.99. The number of hydrogen-bond donors (Lipinski definition) is 0. The fourth-order valence-electron chi connectivity index (χ4n) is 2.62. The number of nitrogens with zero attached hydrogens (tertiary/aromatic N) is 2. The molecule has 1 aromatic heterocycles. The number of Topliss-reactive ketones (excluding diaryl/α,β-unsaturated/α-hetero) is 1. The predicted octanol–water partition coefficient (Wildman–Crippen LogP) is 5.40. The van der Waals surface area contributed by atoms with Crippen LogP contribution in [0.2, 0.25) is 0 Å². The molecular weight excluding hydrogens is 360 g/mol. The fourth-order valence-corrected chi connectivity index (χ4v) is 4.43. The van der Waals surface area contributed by atoms with Gasteiger partial charge in [-0.05, 0) is 25.5 Å². The van der Waals surface area contributed by atoms with Gasteiger partial charge in [0.15, 0.2) is 11.7 Å². The van der Waals surface area contributed by atoms with E-state index >= 15 is 0 Å². The Balaban J connectivity index is 1.71. The first-order valence-electron chi connectivity index (χ1n) is 8.21. The fraction of sp³-hybridized carbons (Fsp3) is 0.190. The number of nitriles is 1. The molecule has 0 spiro atoms. The maximum atomic E-state index is 12.6. The van der Waals surface area contributed by atoms with Crippen molar-refractivity contribution in [3.05, 3.63) is 70.0 Å². The van der Waals surface area contributed by atoms with Gasteiger partial charge in [-0.3, -0.25) is 4.79 Å². The highest BCUT2D eigenvalue weighted by molar-refractivity contribution is 8.00. The number of ketones is 1. The van der Waals surface area contributed by atoms with Crippen molar-refractivity contribution in [2.24, 2.45) is 0 Å². The van der Waals surface area contributed by atoms with Crippen LogP contribution >= 0.6 is 23.1 Å². The summed E-state index contributed by atoms with van der Waals surface area (Å²) in [6, 6.07) is 18.1. The van der Waals surface area contributed by atoms with Crippen LogP contribution in [0.5, 0.6) is 0 Å². The lowest BCUT2D eigenvalue weighted by Gasteiger charge is -2.08. The SMILES string of the molecule is Cc1ccc(SCC(=O)[C@H](C#N)c2nc(-c3ccccc3)cs2)c(C)c1. The van der Waals surface area contributed by atoms with E-state index in [-0.39, 0.29) is 11.5 Å². The lowest BCUT2D eigenvalue weighted by atomic mass is 10.1. The molecule has 0 N–H and O–H groups in total. The molecule has 0 radical (unpaired) electrons. The van der Waals surface area contributed by atoms with E-state index in [4.69, 9.17) is 0 Å². The van der Waals surface area contributed by atoms with Crippen LogP contribution in [0.3, 0.4) is 0 Å². The standard InChI is InChI=1S/C21H18N2OS2/c1-14-8-9-20(15(2)10-14)25-13-19(24)17(11-22)21-23-18(12-26-21)16-6-4-3-5-7-16/h3-10,12,17H,13H2,1-2H3/t17-/m0/s1. The van der Waals surface area contributed by atoms with Crippen LogP contribution in [0.4, 0.5) is 0 Å². The Morgan fingerprint density at radius 3 is 2.69 bits per heavy atom. The highest BCUT2D eigenvalue weighted by atomic mass is 32.2. The van der Waals surface area contributed by atoms with E-state index in [0.717, 1.165) is 21.7 Å². The Kier molecular flexibility index (Phi) is 5.87. The van der Waals surface area contributed by atoms with Crippen LogP contribution in [0.1, 0.15) is 22.1 Å². The first-order valence-corrected chi connectivity index (χ1v) is 10.1. The van der Waals surface area contributed by atoms with Crippen molar-refractivity contribution < 1.29 is 4.79 Å². The Morgan fingerprint density at radius 1 is 1.23 bits per heavy atom. The Bertz CT molecular complexity index is 958. The van der Waals surface area contributed by atoms with Gasteiger partial charge in [0.25, 0.3) is 0 Å². The molecule has 3 nitrogen and oxygen atoms in total. The second-order valence-corrected chi connectivity index (χ2v) is 7.93. The molecule has 0 saturated heterocycles. The number of thioether (sulfide) groups is 1. The molecule has 0 aliphatic heterocycles. The van der Waals surface area contributed by atoms with E-state index in [2.05, 4.69) is 17.1 Å². The monoisotopic (exact) mass is 378 g/mol. The predicted molar refractivity (Wildman–Crippen MR) is 108 cm³/mol. The second kappa shape index (κ2) is 8.31. The first-order chi connectivity index (χ1) is 12.6. The smallest absolute Gasteiger partial charge is 0.167 e. The number of carbonyl (C=O) groups excluding carboxylic acids is 1. The molecule has 0 unspecified atom stereocenters. The molecule has 0 aliphatic carbocycles. The van der Waals surface area contributed by atoms with Gasteiger partial charge in [0.2, 0.25) is 0 Å². The number of carbonyl (C=O) groups is 1. The van der Waals surface area contributed by atoms with Gasteiger partial charge in [0, 0.05) is 15.8 Å². The van der Waals surface area contributed by atoms with Gasteiger partial charge in [-0.15, -0.1) is 23.1 Å². The van der Waals surface area contributed by atoms with E-state index in [0.29, 0.717) is 5.01 Å². The minimum absolute atomic E-state index is 0.105. The average Bonchev–Trinajstić information content (AvgIpc) is 3.12. The molecule has 0 saturated carbocycles. The summed E-state index contributed by atoms with van der Waals surface area (Å²) in [5, 5.41) is 12.0. The van der Waals surface area contributed by atoms with Crippen LogP contribution in [-0.4, -0.2) is 16.5 Å². The summed E-state index contributed by atoms with van der Waals surface area (Å²) in [4.78, 5) is 18.2. The lowest BCUT2D eigenvalue weighted by molar-refractivity contribution is -0.116. The second-order valence-electron chi connectivity index (χ2n) is 6.02. The molecule has 3 rings (SSSR count). The number of aromatic nitrogens is 1. The molecule has 2 aromatic carbocycles. The minimum atomic E-state index is -0.810. The summed E-state index contributed by atoms with van der Waals surface area (Å²) in [6.45, 7) is 4.08. The van der Waals surface area contributed by atoms with Crippen molar-refractivity contribution in [1.82, 2.24) is 4.98 Å². The van der Waals surface area contributed by atoms with Gasteiger partial charge >= 0.3 is 0 Å². The Hall–Kier alpha value is -2.42. The third kappa shape index (κ3) is 4.21. The van der Waals surface area contributed by atoms with Gasteiger partial charge in [-0.2, -0.15) is 5.26 Å². The average molecular weight is 379 g/mol. The molecule has 3 aromatic rings. The van der Waals surface area contributed by atoms with Crippen LogP contribution in [-0.2, 0) is 4.79 Å². The largest absolute Gasteiger partial charge is 0.297 e. The van der Waals surface area contributed by atoms with Crippen LogP contribution in [0.15, 0.2) is 58.8 Å². The number of benzene rings is 2. The van der Waals surface area contributed by atoms with Crippen molar-refractivity contribution >= 4 is 28.9 Å². The zero-order chi connectivity index (χ0) is 18.5. The number of thiazole rings is 1. The van der Waals surface area contributed by atoms with Crippen molar-refractivity contribution in [2.75, 3.05) is 5.75 Å². The molecule has 0 fully saturated rings. The molecule has 130 valence electrons. The first kappa shape index (κ1) is 18.4. The van der Waals surface area contributed by atoms with Gasteiger partial charge in [-0.1, -0.05) is 48.0 Å². The number of rotatable bonds is 6. The van der Waals surface area contributed by atoms with Gasteiger partial charge in [0.1, 0.15) is 5.01 Å². The minimum Gasteiger partial charge on any atom is -0.297 e. The molecule has 0 bridgehead atoms. The Morgan fingerprint density at radius 2 is 2.00 bits per heavy atom. The normalized spacial score (nSPS) is 11.7. The molecule has 26 heavy (non-hydrogen) atoms. The number of hydrogen-bond acceptors (Lipinski definition) is 5. The third-order valence-corrected chi connectivity index (χ3v) is 6.10. The van der Waals surface area contributed by atoms with Crippen molar-refractivity contribution in [1.29, 1.82) is 5.26 Å². The Labute approximate surface area is 161 Å². The van der Waals surface area contributed by atoms with E-state index in [1.165, 1.54) is 28.7 Å². The lowest BCUT2D eigenvalue weighted by Crippen LogP contribution is -2.13. The summed E-state index contributed by atoms with van der Waals surface area (Å²) in [5.74, 6) is -0.648. The van der Waals surface area contributed by atoms with Crippen LogP contribution in [0, 0.1) is 25.2 Å². The molecule has 1 atom stereocenters. The quantitative estimate of drug-likeness (QED) is 0.539. The highest BCUT2D eigenvalue weighted by Gasteiger charge is 2.24. The van der Waals surface area contributed by atoms with Crippen molar-refractivity contribution in [3.8, 4) is 17.3 Å². The van der Waals surface area contributed by atoms with Crippen LogP contribution in [0.25, 0.3) is 11.3 Å². The maximum absolute atomic E-state index is 12.6. The molecule has 0 amide bonds. The van der Waals surface area contributed by atoms with Gasteiger partial charge in [-0.25, -0.2) is 4.98 Å². The number of aryl methyl sites for hydroxylation is 2. The zero-order valence-corrected chi connectivity index (χ0v) is 16.2.